The summed E-state index contributed by atoms with van der Waals surface area (Å²) in [6, 6.07) is 0. The summed E-state index contributed by atoms with van der Waals surface area (Å²) in [7, 11) is 0. The Labute approximate surface area is 76.9 Å². The molecule has 0 amide bonds. The van der Waals surface area contributed by atoms with Crippen molar-refractivity contribution in [3.05, 3.63) is 0 Å². The molecular weight excluding hydrogens is 146 g/mol. The lowest BCUT2D eigenvalue weighted by Gasteiger charge is -2.17. The van der Waals surface area contributed by atoms with Gasteiger partial charge in [0.1, 0.15) is 0 Å². The van der Waals surface area contributed by atoms with E-state index < -0.39 is 0 Å². The fraction of sp³-hybridized carbons (Fsp3) is 1.00. The molecule has 0 aromatic rings. The molecule has 0 spiro atoms. The Bertz CT molecular complexity index is 106. The summed E-state index contributed by atoms with van der Waals surface area (Å²) in [6.07, 6.45) is 7.07. The first-order valence-corrected chi connectivity index (χ1v) is 5.55. The molecule has 1 saturated heterocycles. The number of rotatable bonds is 5. The van der Waals surface area contributed by atoms with Gasteiger partial charge >= 0.3 is 0 Å². The molecule has 2 atom stereocenters. The van der Waals surface area contributed by atoms with Gasteiger partial charge in [0.25, 0.3) is 0 Å². The lowest BCUT2D eigenvalue weighted by molar-refractivity contribution is 0.352. The molecule has 12 heavy (non-hydrogen) atoms. The fourth-order valence-electron chi connectivity index (χ4n) is 2.11. The van der Waals surface area contributed by atoms with Crippen molar-refractivity contribution in [1.82, 2.24) is 5.32 Å². The molecule has 1 aliphatic rings. The van der Waals surface area contributed by atoms with E-state index in [1.54, 1.807) is 0 Å². The van der Waals surface area contributed by atoms with Crippen LogP contribution in [0.4, 0.5) is 0 Å². The van der Waals surface area contributed by atoms with E-state index in [1.165, 1.54) is 45.2 Å². The molecule has 1 heterocycles. The van der Waals surface area contributed by atoms with Crippen LogP contribution in [0, 0.1) is 11.8 Å². The molecule has 72 valence electrons. The largest absolute Gasteiger partial charge is 0.316 e. The summed E-state index contributed by atoms with van der Waals surface area (Å²) in [6.45, 7) is 7.23. The summed E-state index contributed by atoms with van der Waals surface area (Å²) < 4.78 is 0. The van der Waals surface area contributed by atoms with Crippen LogP contribution in [0.2, 0.25) is 0 Å². The number of hydrogen-bond donors (Lipinski definition) is 1. The smallest absolute Gasteiger partial charge is 0.00175 e. The number of unbranched alkanes of at least 4 members (excludes halogenated alkanes) is 2. The van der Waals surface area contributed by atoms with Crippen molar-refractivity contribution in [1.29, 1.82) is 0 Å². The lowest BCUT2D eigenvalue weighted by Crippen LogP contribution is -2.15. The first-order chi connectivity index (χ1) is 5.84. The molecule has 0 radical (unpaired) electrons. The fourth-order valence-corrected chi connectivity index (χ4v) is 2.11. The van der Waals surface area contributed by atoms with Gasteiger partial charge in [0.15, 0.2) is 0 Å². The molecular formula is C11H23N. The monoisotopic (exact) mass is 169 g/mol. The maximum absolute atomic E-state index is 3.44. The van der Waals surface area contributed by atoms with Crippen LogP contribution in [0.5, 0.6) is 0 Å². The maximum atomic E-state index is 3.44. The molecule has 1 N–H and O–H groups in total. The van der Waals surface area contributed by atoms with Gasteiger partial charge in [-0.05, 0) is 31.3 Å². The zero-order valence-corrected chi connectivity index (χ0v) is 8.60. The van der Waals surface area contributed by atoms with Crippen LogP contribution in [-0.4, -0.2) is 13.1 Å². The molecule has 0 bridgehead atoms. The van der Waals surface area contributed by atoms with Crippen LogP contribution in [-0.2, 0) is 0 Å². The van der Waals surface area contributed by atoms with Crippen molar-refractivity contribution < 1.29 is 0 Å². The van der Waals surface area contributed by atoms with Crippen molar-refractivity contribution in [2.45, 2.75) is 46.0 Å². The van der Waals surface area contributed by atoms with Gasteiger partial charge in [-0.3, -0.25) is 0 Å². The predicted octanol–water partition coefficient (Wildman–Crippen LogP) is 2.81. The highest BCUT2D eigenvalue weighted by molar-refractivity contribution is 4.75. The summed E-state index contributed by atoms with van der Waals surface area (Å²) in [5, 5.41) is 3.44. The van der Waals surface area contributed by atoms with E-state index in [0.717, 1.165) is 11.8 Å². The standard InChI is InChI=1S/C11H23N/c1-3-4-5-6-10(2)11-7-8-12-9-11/h10-12H,3-9H2,1-2H3. The second-order valence-electron chi connectivity index (χ2n) is 4.23. The highest BCUT2D eigenvalue weighted by Gasteiger charge is 2.20. The average molecular weight is 169 g/mol. The average Bonchev–Trinajstić information content (AvgIpc) is 2.56. The molecule has 1 heteroatoms. The Morgan fingerprint density at radius 3 is 2.83 bits per heavy atom. The minimum Gasteiger partial charge on any atom is -0.316 e. The summed E-state index contributed by atoms with van der Waals surface area (Å²) in [5.41, 5.74) is 0. The van der Waals surface area contributed by atoms with Crippen molar-refractivity contribution >= 4 is 0 Å². The van der Waals surface area contributed by atoms with E-state index >= 15 is 0 Å². The first kappa shape index (κ1) is 10.0. The molecule has 2 unspecified atom stereocenters. The zero-order valence-electron chi connectivity index (χ0n) is 8.60. The Kier molecular flexibility index (Phi) is 4.67. The van der Waals surface area contributed by atoms with E-state index in [-0.39, 0.29) is 0 Å². The van der Waals surface area contributed by atoms with E-state index in [2.05, 4.69) is 19.2 Å². The third-order valence-electron chi connectivity index (χ3n) is 3.17. The van der Waals surface area contributed by atoms with Gasteiger partial charge in [0.2, 0.25) is 0 Å². The maximum Gasteiger partial charge on any atom is -0.00175 e. The second-order valence-corrected chi connectivity index (χ2v) is 4.23. The summed E-state index contributed by atoms with van der Waals surface area (Å²) in [5.74, 6) is 1.92. The Morgan fingerprint density at radius 1 is 1.42 bits per heavy atom. The van der Waals surface area contributed by atoms with Crippen LogP contribution >= 0.6 is 0 Å². The van der Waals surface area contributed by atoms with Crippen LogP contribution in [0.3, 0.4) is 0 Å². The highest BCUT2D eigenvalue weighted by Crippen LogP contribution is 2.23. The molecule has 0 aliphatic carbocycles. The third kappa shape index (κ3) is 3.14. The topological polar surface area (TPSA) is 12.0 Å². The van der Waals surface area contributed by atoms with Crippen LogP contribution in [0.1, 0.15) is 46.0 Å². The van der Waals surface area contributed by atoms with E-state index in [9.17, 15) is 0 Å². The SMILES string of the molecule is CCCCCC(C)C1CCNC1. The number of nitrogens with one attached hydrogen (secondary N) is 1. The summed E-state index contributed by atoms with van der Waals surface area (Å²) in [4.78, 5) is 0. The Balaban J connectivity index is 2.05. The van der Waals surface area contributed by atoms with Gasteiger partial charge < -0.3 is 5.32 Å². The summed E-state index contributed by atoms with van der Waals surface area (Å²) >= 11 is 0. The molecule has 0 saturated carbocycles. The zero-order chi connectivity index (χ0) is 8.81. The van der Waals surface area contributed by atoms with E-state index in [4.69, 9.17) is 0 Å². The van der Waals surface area contributed by atoms with Crippen molar-refractivity contribution in [3.8, 4) is 0 Å². The van der Waals surface area contributed by atoms with Gasteiger partial charge in [-0.25, -0.2) is 0 Å². The first-order valence-electron chi connectivity index (χ1n) is 5.55. The molecule has 1 rings (SSSR count). The normalized spacial score (nSPS) is 26.0. The Hall–Kier alpha value is -0.0400. The second kappa shape index (κ2) is 5.58. The van der Waals surface area contributed by atoms with Gasteiger partial charge in [-0.2, -0.15) is 0 Å². The molecule has 0 aromatic heterocycles. The third-order valence-corrected chi connectivity index (χ3v) is 3.17. The van der Waals surface area contributed by atoms with Crippen LogP contribution in [0.15, 0.2) is 0 Å². The molecule has 1 aliphatic heterocycles. The van der Waals surface area contributed by atoms with Crippen LogP contribution in [0.25, 0.3) is 0 Å². The minimum atomic E-state index is 0.951. The highest BCUT2D eigenvalue weighted by atomic mass is 14.9. The van der Waals surface area contributed by atoms with Gasteiger partial charge in [-0.1, -0.05) is 39.5 Å². The quantitative estimate of drug-likeness (QED) is 0.624. The van der Waals surface area contributed by atoms with E-state index in [1.807, 2.05) is 0 Å². The minimum absolute atomic E-state index is 0.951. The van der Waals surface area contributed by atoms with Crippen molar-refractivity contribution in [2.75, 3.05) is 13.1 Å². The Morgan fingerprint density at radius 2 is 2.25 bits per heavy atom. The lowest BCUT2D eigenvalue weighted by atomic mass is 9.89. The van der Waals surface area contributed by atoms with Gasteiger partial charge in [0, 0.05) is 0 Å². The van der Waals surface area contributed by atoms with Crippen molar-refractivity contribution in [3.63, 3.8) is 0 Å². The molecule has 1 nitrogen and oxygen atoms in total. The van der Waals surface area contributed by atoms with E-state index in [0.29, 0.717) is 0 Å². The molecule has 0 aromatic carbocycles. The van der Waals surface area contributed by atoms with Gasteiger partial charge in [0.05, 0.1) is 0 Å². The number of hydrogen-bond acceptors (Lipinski definition) is 1. The van der Waals surface area contributed by atoms with Crippen LogP contribution < -0.4 is 5.32 Å². The van der Waals surface area contributed by atoms with Crippen molar-refractivity contribution in [2.24, 2.45) is 11.8 Å². The molecule has 1 fully saturated rings. The predicted molar refractivity (Wildman–Crippen MR) is 54.3 cm³/mol. The van der Waals surface area contributed by atoms with Gasteiger partial charge in [-0.15, -0.1) is 0 Å².